The Morgan fingerprint density at radius 1 is 1.25 bits per heavy atom. The number of piperazine rings is 1. The van der Waals surface area contributed by atoms with E-state index in [0.29, 0.717) is 33.6 Å². The van der Waals surface area contributed by atoms with E-state index in [1.54, 1.807) is 16.8 Å². The molecule has 0 bridgehead atoms. The first-order chi connectivity index (χ1) is 13.5. The van der Waals surface area contributed by atoms with Crippen molar-refractivity contribution in [3.8, 4) is 17.1 Å². The molecule has 0 atom stereocenters. The molecule has 0 spiro atoms. The van der Waals surface area contributed by atoms with Gasteiger partial charge in [0.25, 0.3) is 5.91 Å². The Morgan fingerprint density at radius 2 is 2.04 bits per heavy atom. The number of nitrogens with zero attached hydrogens (tertiary/aromatic N) is 3. The third-order valence-electron chi connectivity index (χ3n) is 5.24. The van der Waals surface area contributed by atoms with Crippen LogP contribution in [0.3, 0.4) is 0 Å². The minimum atomic E-state index is -0.324. The fourth-order valence-electron chi connectivity index (χ4n) is 4.01. The van der Waals surface area contributed by atoms with E-state index >= 15 is 4.39 Å². The molecular weight excluding hydrogens is 359 g/mol. The summed E-state index contributed by atoms with van der Waals surface area (Å²) in [6.45, 7) is 6.90. The average molecular weight is 380 g/mol. The maximum absolute atomic E-state index is 15.0. The molecule has 4 heterocycles. The van der Waals surface area contributed by atoms with Crippen molar-refractivity contribution in [3.05, 3.63) is 41.8 Å². The van der Waals surface area contributed by atoms with Gasteiger partial charge in [-0.2, -0.15) is 0 Å². The van der Waals surface area contributed by atoms with E-state index in [1.165, 1.54) is 6.07 Å². The van der Waals surface area contributed by atoms with Crippen LogP contribution in [-0.2, 0) is 0 Å². The maximum atomic E-state index is 15.0. The summed E-state index contributed by atoms with van der Waals surface area (Å²) in [6, 6.07) is 6.92. The number of ether oxygens (including phenoxy) is 1. The van der Waals surface area contributed by atoms with E-state index in [9.17, 15) is 4.79 Å². The van der Waals surface area contributed by atoms with Crippen LogP contribution in [0.5, 0.6) is 5.75 Å². The van der Waals surface area contributed by atoms with Crippen molar-refractivity contribution in [1.29, 1.82) is 0 Å². The molecule has 2 aliphatic rings. The first-order valence-corrected chi connectivity index (χ1v) is 9.56. The zero-order valence-electron chi connectivity index (χ0n) is 15.8. The second-order valence-electron chi connectivity index (χ2n) is 7.46. The summed E-state index contributed by atoms with van der Waals surface area (Å²) in [5, 5.41) is 3.81. The summed E-state index contributed by atoms with van der Waals surface area (Å²) in [4.78, 5) is 19.7. The van der Waals surface area contributed by atoms with E-state index in [2.05, 4.69) is 5.32 Å². The normalized spacial score (nSPS) is 16.0. The minimum absolute atomic E-state index is 0.154. The zero-order chi connectivity index (χ0) is 19.4. The molecule has 144 valence electrons. The van der Waals surface area contributed by atoms with Crippen LogP contribution in [0.15, 0.2) is 30.5 Å². The molecule has 5 rings (SSSR count). The molecule has 1 fully saturated rings. The lowest BCUT2D eigenvalue weighted by Crippen LogP contribution is -2.43. The molecule has 1 saturated heterocycles. The molecule has 28 heavy (non-hydrogen) atoms. The van der Waals surface area contributed by atoms with Crippen molar-refractivity contribution in [2.45, 2.75) is 20.0 Å². The summed E-state index contributed by atoms with van der Waals surface area (Å²) in [7, 11) is 0. The van der Waals surface area contributed by atoms with Gasteiger partial charge in [0.1, 0.15) is 22.8 Å². The lowest BCUT2D eigenvalue weighted by molar-refractivity contribution is 0.0964. The van der Waals surface area contributed by atoms with E-state index in [1.807, 2.05) is 30.9 Å². The van der Waals surface area contributed by atoms with Crippen LogP contribution in [0, 0.1) is 5.82 Å². The van der Waals surface area contributed by atoms with Crippen molar-refractivity contribution in [3.63, 3.8) is 0 Å². The standard InChI is InChI=1S/C21H21FN4O2/c1-12(2)28-20-13-10-14(22)17(25-8-5-23-6-9-25)11-15(13)24-19-16-4-3-7-26(16)21(27)18(19)20/h3-4,7,10-12,23H,5-6,8-9H2,1-2H3. The lowest BCUT2D eigenvalue weighted by Gasteiger charge is -2.30. The topological polar surface area (TPSA) is 59.4 Å². The largest absolute Gasteiger partial charge is 0.489 e. The maximum Gasteiger partial charge on any atom is 0.268 e. The number of carbonyl (C=O) groups excluding carboxylic acids is 1. The molecule has 6 nitrogen and oxygen atoms in total. The van der Waals surface area contributed by atoms with Crippen LogP contribution in [0.1, 0.15) is 24.2 Å². The number of aromatic nitrogens is 2. The number of anilines is 1. The SMILES string of the molecule is CC(C)Oc1c2c(nc3cc(N4CCNCC4)c(F)cc13)-c1cccn1C2=O. The smallest absolute Gasteiger partial charge is 0.268 e. The molecule has 0 amide bonds. The quantitative estimate of drug-likeness (QED) is 0.592. The Kier molecular flexibility index (Phi) is 3.87. The summed E-state index contributed by atoms with van der Waals surface area (Å²) < 4.78 is 22.6. The summed E-state index contributed by atoms with van der Waals surface area (Å²) in [5.74, 6) is -0.101. The van der Waals surface area contributed by atoms with E-state index in [4.69, 9.17) is 9.72 Å². The molecule has 0 aliphatic carbocycles. The Labute approximate surface area is 161 Å². The molecule has 3 aromatic rings. The average Bonchev–Trinajstić information content (AvgIpc) is 3.25. The highest BCUT2D eigenvalue weighted by Gasteiger charge is 2.33. The van der Waals surface area contributed by atoms with Gasteiger partial charge in [-0.1, -0.05) is 0 Å². The van der Waals surface area contributed by atoms with Crippen LogP contribution in [0.4, 0.5) is 10.1 Å². The summed E-state index contributed by atoms with van der Waals surface area (Å²) in [5.41, 5.74) is 2.91. The van der Waals surface area contributed by atoms with Gasteiger partial charge in [0.15, 0.2) is 0 Å². The molecule has 0 saturated carbocycles. The highest BCUT2D eigenvalue weighted by Crippen LogP contribution is 2.42. The molecule has 7 heteroatoms. The number of hydrogen-bond donors (Lipinski definition) is 1. The van der Waals surface area contributed by atoms with Crippen molar-refractivity contribution < 1.29 is 13.9 Å². The fourth-order valence-corrected chi connectivity index (χ4v) is 4.01. The molecule has 0 radical (unpaired) electrons. The van der Waals surface area contributed by atoms with Gasteiger partial charge in [-0.3, -0.25) is 9.36 Å². The second-order valence-corrected chi connectivity index (χ2v) is 7.46. The van der Waals surface area contributed by atoms with Gasteiger partial charge in [-0.25, -0.2) is 9.37 Å². The van der Waals surface area contributed by atoms with E-state index < -0.39 is 0 Å². The molecule has 1 aromatic carbocycles. The number of rotatable bonds is 3. The van der Waals surface area contributed by atoms with Gasteiger partial charge in [0.05, 0.1) is 23.0 Å². The van der Waals surface area contributed by atoms with Crippen molar-refractivity contribution in [2.24, 2.45) is 0 Å². The van der Waals surface area contributed by atoms with Crippen LogP contribution < -0.4 is 15.0 Å². The number of hydrogen-bond acceptors (Lipinski definition) is 5. The molecule has 2 aliphatic heterocycles. The Hall–Kier alpha value is -2.93. The highest BCUT2D eigenvalue weighted by atomic mass is 19.1. The molecular formula is C21H21FN4O2. The molecule has 0 unspecified atom stereocenters. The van der Waals surface area contributed by atoms with Crippen LogP contribution in [0.25, 0.3) is 22.3 Å². The third-order valence-corrected chi connectivity index (χ3v) is 5.24. The van der Waals surface area contributed by atoms with E-state index in [-0.39, 0.29) is 17.8 Å². The van der Waals surface area contributed by atoms with Crippen molar-refractivity contribution >= 4 is 22.5 Å². The first-order valence-electron chi connectivity index (χ1n) is 9.56. The number of benzene rings is 1. The zero-order valence-corrected chi connectivity index (χ0v) is 15.8. The number of carbonyl (C=O) groups is 1. The lowest BCUT2D eigenvalue weighted by atomic mass is 10.1. The van der Waals surface area contributed by atoms with Crippen LogP contribution in [-0.4, -0.2) is 47.7 Å². The number of fused-ring (bicyclic) bond motifs is 4. The van der Waals surface area contributed by atoms with Gasteiger partial charge in [-0.15, -0.1) is 0 Å². The monoisotopic (exact) mass is 380 g/mol. The third kappa shape index (κ3) is 2.50. The van der Waals surface area contributed by atoms with Gasteiger partial charge in [-0.05, 0) is 38.1 Å². The molecule has 2 aromatic heterocycles. The summed E-state index contributed by atoms with van der Waals surface area (Å²) >= 11 is 0. The number of halogens is 1. The molecule has 1 N–H and O–H groups in total. The van der Waals surface area contributed by atoms with Crippen LogP contribution in [0.2, 0.25) is 0 Å². The first kappa shape index (κ1) is 17.2. The van der Waals surface area contributed by atoms with Gasteiger partial charge < -0.3 is 15.0 Å². The Balaban J connectivity index is 1.76. The minimum Gasteiger partial charge on any atom is -0.489 e. The van der Waals surface area contributed by atoms with Crippen molar-refractivity contribution in [2.75, 3.05) is 31.1 Å². The van der Waals surface area contributed by atoms with E-state index in [0.717, 1.165) is 31.9 Å². The fraction of sp³-hybridized carbons (Fsp3) is 0.333. The Bertz CT molecular complexity index is 1100. The van der Waals surface area contributed by atoms with Crippen LogP contribution >= 0.6 is 0 Å². The predicted octanol–water partition coefficient (Wildman–Crippen LogP) is 3.04. The highest BCUT2D eigenvalue weighted by molar-refractivity contribution is 6.14. The van der Waals surface area contributed by atoms with Gasteiger partial charge in [0.2, 0.25) is 0 Å². The summed E-state index contributed by atoms with van der Waals surface area (Å²) in [6.07, 6.45) is 1.56. The Morgan fingerprint density at radius 3 is 2.79 bits per heavy atom. The van der Waals surface area contributed by atoms with Gasteiger partial charge in [0, 0.05) is 37.8 Å². The second kappa shape index (κ2) is 6.31. The number of nitrogens with one attached hydrogen (secondary N) is 1. The number of pyridine rings is 1. The van der Waals surface area contributed by atoms with Gasteiger partial charge >= 0.3 is 0 Å². The van der Waals surface area contributed by atoms with Crippen molar-refractivity contribution in [1.82, 2.24) is 14.9 Å². The predicted molar refractivity (Wildman–Crippen MR) is 106 cm³/mol.